The Morgan fingerprint density at radius 3 is 2.90 bits per heavy atom. The van der Waals surface area contributed by atoms with Gasteiger partial charge in [0, 0.05) is 6.07 Å². The van der Waals surface area contributed by atoms with Crippen LogP contribution in [0.25, 0.3) is 10.2 Å². The molecule has 3 rings (SSSR count). The summed E-state index contributed by atoms with van der Waals surface area (Å²) in [5.41, 5.74) is 6.19. The third kappa shape index (κ3) is 2.03. The fraction of sp³-hybridized carbons (Fsp3) is 0.273. The van der Waals surface area contributed by atoms with E-state index in [0.29, 0.717) is 20.2 Å². The first kappa shape index (κ1) is 13.0. The van der Waals surface area contributed by atoms with Gasteiger partial charge < -0.3 is 10.5 Å². The van der Waals surface area contributed by atoms with Crippen molar-refractivity contribution in [2.24, 2.45) is 0 Å². The average molecular weight is 303 g/mol. The number of hydrogen-bond donors (Lipinski definition) is 1. The average Bonchev–Trinajstić information content (AvgIpc) is 2.72. The number of benzene rings is 1. The smallest absolute Gasteiger partial charge is 0.471 e. The van der Waals surface area contributed by atoms with E-state index in [1.807, 2.05) is 0 Å². The molecule has 0 fully saturated rings. The lowest BCUT2D eigenvalue weighted by molar-refractivity contribution is -0.170. The molecule has 1 amide bonds. The second-order valence-corrected chi connectivity index (χ2v) is 5.20. The van der Waals surface area contributed by atoms with Crippen LogP contribution in [0.2, 0.25) is 0 Å². The Labute approximate surface area is 114 Å². The highest BCUT2D eigenvalue weighted by Crippen LogP contribution is 2.39. The van der Waals surface area contributed by atoms with Crippen LogP contribution in [0.1, 0.15) is 0 Å². The van der Waals surface area contributed by atoms with Gasteiger partial charge in [0.15, 0.2) is 5.13 Å². The maximum Gasteiger partial charge on any atom is 0.471 e. The van der Waals surface area contributed by atoms with E-state index >= 15 is 0 Å². The molecule has 0 atom stereocenters. The summed E-state index contributed by atoms with van der Waals surface area (Å²) < 4.78 is 43.7. The zero-order chi connectivity index (χ0) is 14.5. The first-order valence-corrected chi connectivity index (χ1v) is 6.39. The van der Waals surface area contributed by atoms with Gasteiger partial charge in [-0.25, -0.2) is 4.98 Å². The highest BCUT2D eigenvalue weighted by molar-refractivity contribution is 7.22. The Hall–Kier alpha value is -2.03. The number of fused-ring (bicyclic) bond motifs is 2. The van der Waals surface area contributed by atoms with Crippen LogP contribution in [-0.2, 0) is 4.79 Å². The van der Waals surface area contributed by atoms with Crippen molar-refractivity contribution in [1.82, 2.24) is 4.98 Å². The van der Waals surface area contributed by atoms with Gasteiger partial charge in [-0.2, -0.15) is 13.2 Å². The molecule has 0 saturated carbocycles. The largest absolute Gasteiger partial charge is 0.489 e. The molecule has 2 aromatic rings. The number of alkyl halides is 3. The van der Waals surface area contributed by atoms with Gasteiger partial charge in [0.25, 0.3) is 0 Å². The molecule has 2 heterocycles. The van der Waals surface area contributed by atoms with E-state index in [9.17, 15) is 18.0 Å². The van der Waals surface area contributed by atoms with Crippen LogP contribution in [-0.4, -0.2) is 30.2 Å². The lowest BCUT2D eigenvalue weighted by Gasteiger charge is -2.29. The normalized spacial score (nSPS) is 15.1. The molecule has 2 N–H and O–H groups in total. The summed E-state index contributed by atoms with van der Waals surface area (Å²) in [6, 6.07) is 2.94. The maximum atomic E-state index is 12.6. The van der Waals surface area contributed by atoms with E-state index in [2.05, 4.69) is 4.98 Å². The molecule has 20 heavy (non-hydrogen) atoms. The van der Waals surface area contributed by atoms with Crippen LogP contribution >= 0.6 is 11.3 Å². The molecule has 1 aliphatic heterocycles. The molecule has 1 aliphatic rings. The van der Waals surface area contributed by atoms with Gasteiger partial charge >= 0.3 is 12.1 Å². The fourth-order valence-electron chi connectivity index (χ4n) is 2.02. The minimum Gasteiger partial charge on any atom is -0.489 e. The molecule has 5 nitrogen and oxygen atoms in total. The number of halogens is 3. The summed E-state index contributed by atoms with van der Waals surface area (Å²) in [7, 11) is 0. The number of thiazole rings is 1. The van der Waals surface area contributed by atoms with Gasteiger partial charge in [0.1, 0.15) is 12.4 Å². The van der Waals surface area contributed by atoms with Crippen molar-refractivity contribution >= 4 is 38.3 Å². The highest BCUT2D eigenvalue weighted by atomic mass is 32.1. The molecule has 1 aromatic carbocycles. The van der Waals surface area contributed by atoms with Gasteiger partial charge in [0.05, 0.1) is 22.4 Å². The molecule has 0 aliphatic carbocycles. The van der Waals surface area contributed by atoms with Gasteiger partial charge in [-0.1, -0.05) is 11.3 Å². The van der Waals surface area contributed by atoms with E-state index in [0.717, 1.165) is 11.3 Å². The topological polar surface area (TPSA) is 68.5 Å². The van der Waals surface area contributed by atoms with Crippen molar-refractivity contribution in [1.29, 1.82) is 0 Å². The summed E-state index contributed by atoms with van der Waals surface area (Å²) in [5, 5.41) is 0.302. The zero-order valence-electron chi connectivity index (χ0n) is 9.90. The molecule has 9 heteroatoms. The highest BCUT2D eigenvalue weighted by Gasteiger charge is 2.44. The molecular weight excluding hydrogens is 295 g/mol. The maximum absolute atomic E-state index is 12.6. The zero-order valence-corrected chi connectivity index (χ0v) is 10.7. The van der Waals surface area contributed by atoms with E-state index in [-0.39, 0.29) is 24.6 Å². The number of carbonyl (C=O) groups is 1. The first-order chi connectivity index (χ1) is 9.36. The van der Waals surface area contributed by atoms with Gasteiger partial charge in [-0.05, 0) is 6.07 Å². The fourth-order valence-corrected chi connectivity index (χ4v) is 2.77. The van der Waals surface area contributed by atoms with Crippen LogP contribution in [0.3, 0.4) is 0 Å². The minimum atomic E-state index is -4.92. The summed E-state index contributed by atoms with van der Waals surface area (Å²) >= 11 is 1.14. The van der Waals surface area contributed by atoms with Gasteiger partial charge in [-0.3, -0.25) is 9.69 Å². The predicted molar refractivity (Wildman–Crippen MR) is 67.9 cm³/mol. The molecular formula is C11H8F3N3O2S. The Morgan fingerprint density at radius 1 is 1.45 bits per heavy atom. The number of amides is 1. The number of ether oxygens (including phenoxy) is 1. The number of nitrogen functional groups attached to an aromatic ring is 1. The predicted octanol–water partition coefficient (Wildman–Crippen LogP) is 2.17. The van der Waals surface area contributed by atoms with Crippen LogP contribution in [0, 0.1) is 0 Å². The molecule has 0 bridgehead atoms. The van der Waals surface area contributed by atoms with Crippen molar-refractivity contribution in [2.45, 2.75) is 6.18 Å². The number of hydrogen-bond acceptors (Lipinski definition) is 5. The summed E-state index contributed by atoms with van der Waals surface area (Å²) in [4.78, 5) is 16.1. The van der Waals surface area contributed by atoms with Crippen molar-refractivity contribution < 1.29 is 22.7 Å². The molecule has 1 aromatic heterocycles. The summed E-state index contributed by atoms with van der Waals surface area (Å²) in [5.74, 6) is -1.70. The summed E-state index contributed by atoms with van der Waals surface area (Å²) in [6.07, 6.45) is -4.92. The first-order valence-electron chi connectivity index (χ1n) is 5.58. The van der Waals surface area contributed by atoms with Crippen LogP contribution in [0.15, 0.2) is 12.1 Å². The van der Waals surface area contributed by atoms with Crippen molar-refractivity contribution in [2.75, 3.05) is 23.8 Å². The molecule has 0 unspecified atom stereocenters. The number of rotatable bonds is 0. The second-order valence-electron chi connectivity index (χ2n) is 4.14. The van der Waals surface area contributed by atoms with Crippen LogP contribution < -0.4 is 15.4 Å². The second kappa shape index (κ2) is 4.23. The Bertz CT molecular complexity index is 698. The number of carbonyl (C=O) groups excluding carboxylic acids is 1. The number of aromatic nitrogens is 1. The van der Waals surface area contributed by atoms with Gasteiger partial charge in [0.2, 0.25) is 0 Å². The number of nitrogens with zero attached hydrogens (tertiary/aromatic N) is 2. The van der Waals surface area contributed by atoms with Crippen molar-refractivity contribution in [3.8, 4) is 5.75 Å². The molecule has 0 radical (unpaired) electrons. The van der Waals surface area contributed by atoms with E-state index in [1.54, 1.807) is 0 Å². The van der Waals surface area contributed by atoms with Crippen molar-refractivity contribution in [3.63, 3.8) is 0 Å². The van der Waals surface area contributed by atoms with Gasteiger partial charge in [-0.15, -0.1) is 0 Å². The standard InChI is InChI=1S/C11H8F3N3O2S/c12-11(13,14)9(18)17-1-2-19-7-3-5-8(4-6(7)17)20-10(15)16-5/h3-4H,1-2H2,(H2,15,16). The summed E-state index contributed by atoms with van der Waals surface area (Å²) in [6.45, 7) is -0.148. The third-order valence-corrected chi connectivity index (χ3v) is 3.68. The number of anilines is 2. The van der Waals surface area contributed by atoms with Crippen LogP contribution in [0.4, 0.5) is 24.0 Å². The molecule has 0 saturated heterocycles. The molecule has 0 spiro atoms. The lowest BCUT2D eigenvalue weighted by atomic mass is 10.2. The SMILES string of the molecule is Nc1nc2cc3c(cc2s1)N(C(=O)C(F)(F)F)CCO3. The Kier molecular flexibility index (Phi) is 2.75. The minimum absolute atomic E-state index is 0.0000536. The molecule has 106 valence electrons. The monoisotopic (exact) mass is 303 g/mol. The van der Waals surface area contributed by atoms with Crippen molar-refractivity contribution in [3.05, 3.63) is 12.1 Å². The number of nitrogens with two attached hydrogens (primary N) is 1. The quantitative estimate of drug-likeness (QED) is 0.810. The Balaban J connectivity index is 2.12. The van der Waals surface area contributed by atoms with E-state index in [1.165, 1.54) is 12.1 Å². The van der Waals surface area contributed by atoms with Crippen LogP contribution in [0.5, 0.6) is 5.75 Å². The van der Waals surface area contributed by atoms with E-state index < -0.39 is 12.1 Å². The Morgan fingerprint density at radius 2 is 2.20 bits per heavy atom. The van der Waals surface area contributed by atoms with E-state index in [4.69, 9.17) is 10.5 Å². The lowest BCUT2D eigenvalue weighted by Crippen LogP contribution is -2.45. The third-order valence-electron chi connectivity index (χ3n) is 2.84.